The molecule has 0 radical (unpaired) electrons. The Hall–Kier alpha value is -2.63. The minimum Gasteiger partial charge on any atom is -0.381 e. The minimum absolute atomic E-state index is 0.0946. The van der Waals surface area contributed by atoms with Gasteiger partial charge in [0.2, 0.25) is 0 Å². The lowest BCUT2D eigenvalue weighted by Gasteiger charge is -2.29. The van der Waals surface area contributed by atoms with Gasteiger partial charge in [0.05, 0.1) is 5.56 Å². The van der Waals surface area contributed by atoms with E-state index in [0.717, 1.165) is 53.9 Å². The molecule has 5 nitrogen and oxygen atoms in total. The monoisotopic (exact) mass is 406 g/mol. The number of carbonyl (C=O) groups excluding carboxylic acids is 1. The summed E-state index contributed by atoms with van der Waals surface area (Å²) in [5.41, 5.74) is 5.18. The number of likely N-dealkylation sites (N-methyl/N-ethyl adjacent to an activating group) is 1. The van der Waals surface area contributed by atoms with Crippen molar-refractivity contribution < 1.29 is 14.6 Å². The zero-order chi connectivity index (χ0) is 21.1. The van der Waals surface area contributed by atoms with Gasteiger partial charge in [-0.1, -0.05) is 42.0 Å². The van der Waals surface area contributed by atoms with E-state index in [2.05, 4.69) is 34.9 Å². The maximum absolute atomic E-state index is 12.8. The number of ether oxygens (including phenoxy) is 1. The standard InChI is InChI=1S/C21H22N2O2.C4H8O/c1-14-8-9-17-16(12-14)20-18(13-19(24)22(2)21(20)25)23(17)11-10-15-6-4-3-5-7-15;1-2-4-5-3-1/h3-9,12,19,24H,10-11,13H2,1-2H3;1-4H2. The van der Waals surface area contributed by atoms with Gasteiger partial charge in [-0.2, -0.15) is 0 Å². The molecular formula is C25H30N2O3. The van der Waals surface area contributed by atoms with Crippen LogP contribution >= 0.6 is 0 Å². The molecule has 5 heteroatoms. The lowest BCUT2D eigenvalue weighted by Crippen LogP contribution is -2.43. The van der Waals surface area contributed by atoms with Crippen molar-refractivity contribution in [2.45, 2.75) is 45.4 Å². The van der Waals surface area contributed by atoms with Gasteiger partial charge in [0.15, 0.2) is 0 Å². The number of hydrogen-bond acceptors (Lipinski definition) is 3. The number of amides is 1. The number of hydrogen-bond donors (Lipinski definition) is 1. The van der Waals surface area contributed by atoms with E-state index in [1.54, 1.807) is 7.05 Å². The molecule has 0 bridgehead atoms. The molecule has 1 unspecified atom stereocenters. The van der Waals surface area contributed by atoms with Gasteiger partial charge in [0.1, 0.15) is 6.23 Å². The average molecular weight is 407 g/mol. The lowest BCUT2D eigenvalue weighted by atomic mass is 10.0. The largest absolute Gasteiger partial charge is 0.381 e. The van der Waals surface area contributed by atoms with Crippen molar-refractivity contribution >= 4 is 16.8 Å². The van der Waals surface area contributed by atoms with Crippen LogP contribution in [0.4, 0.5) is 0 Å². The van der Waals surface area contributed by atoms with Crippen LogP contribution in [0.15, 0.2) is 48.5 Å². The Kier molecular flexibility index (Phi) is 6.21. The molecule has 1 amide bonds. The van der Waals surface area contributed by atoms with Crippen molar-refractivity contribution in [2.24, 2.45) is 0 Å². The predicted octanol–water partition coefficient (Wildman–Crippen LogP) is 3.94. The van der Waals surface area contributed by atoms with E-state index in [9.17, 15) is 9.90 Å². The molecule has 5 rings (SSSR count). The first kappa shape index (κ1) is 20.6. The summed E-state index contributed by atoms with van der Waals surface area (Å²) >= 11 is 0. The summed E-state index contributed by atoms with van der Waals surface area (Å²) in [5, 5.41) is 11.3. The van der Waals surface area contributed by atoms with Gasteiger partial charge in [0, 0.05) is 49.8 Å². The van der Waals surface area contributed by atoms with Crippen LogP contribution in [-0.4, -0.2) is 47.0 Å². The first-order valence-corrected chi connectivity index (χ1v) is 10.7. The number of aromatic nitrogens is 1. The molecule has 0 saturated carbocycles. The minimum atomic E-state index is -0.763. The summed E-state index contributed by atoms with van der Waals surface area (Å²) in [7, 11) is 1.67. The number of carbonyl (C=O) groups is 1. The van der Waals surface area contributed by atoms with Crippen molar-refractivity contribution in [1.82, 2.24) is 9.47 Å². The van der Waals surface area contributed by atoms with E-state index in [-0.39, 0.29) is 5.91 Å². The van der Waals surface area contributed by atoms with Crippen LogP contribution < -0.4 is 0 Å². The van der Waals surface area contributed by atoms with Gasteiger partial charge in [-0.05, 0) is 43.9 Å². The molecular weight excluding hydrogens is 376 g/mol. The van der Waals surface area contributed by atoms with E-state index in [1.807, 2.05) is 25.1 Å². The quantitative estimate of drug-likeness (QED) is 0.717. The van der Waals surface area contributed by atoms with Crippen molar-refractivity contribution in [3.63, 3.8) is 0 Å². The Labute approximate surface area is 177 Å². The highest BCUT2D eigenvalue weighted by molar-refractivity contribution is 6.09. The highest BCUT2D eigenvalue weighted by Crippen LogP contribution is 2.33. The number of aryl methyl sites for hydroxylation is 3. The summed E-state index contributed by atoms with van der Waals surface area (Å²) < 4.78 is 7.16. The van der Waals surface area contributed by atoms with Gasteiger partial charge in [-0.25, -0.2) is 0 Å². The zero-order valence-corrected chi connectivity index (χ0v) is 17.8. The topological polar surface area (TPSA) is 54.7 Å². The summed E-state index contributed by atoms with van der Waals surface area (Å²) in [6, 6.07) is 16.6. The van der Waals surface area contributed by atoms with Gasteiger partial charge < -0.3 is 19.3 Å². The molecule has 3 heterocycles. The summed E-state index contributed by atoms with van der Waals surface area (Å²) in [5.74, 6) is -0.0946. The van der Waals surface area contributed by atoms with E-state index in [4.69, 9.17) is 4.74 Å². The highest BCUT2D eigenvalue weighted by Gasteiger charge is 2.33. The fourth-order valence-corrected chi connectivity index (χ4v) is 4.25. The van der Waals surface area contributed by atoms with Gasteiger partial charge in [-0.15, -0.1) is 0 Å². The Bertz CT molecular complexity index is 1010. The Balaban J connectivity index is 0.000000383. The third-order valence-corrected chi connectivity index (χ3v) is 5.98. The van der Waals surface area contributed by atoms with Crippen LogP contribution in [0.1, 0.15) is 40.0 Å². The third kappa shape index (κ3) is 4.13. The molecule has 1 N–H and O–H groups in total. The predicted molar refractivity (Wildman–Crippen MR) is 119 cm³/mol. The molecule has 30 heavy (non-hydrogen) atoms. The molecule has 1 saturated heterocycles. The number of aliphatic hydroxyl groups is 1. The second-order valence-electron chi connectivity index (χ2n) is 8.15. The molecule has 2 aliphatic rings. The third-order valence-electron chi connectivity index (χ3n) is 5.98. The van der Waals surface area contributed by atoms with Crippen LogP contribution in [0.5, 0.6) is 0 Å². The molecule has 1 aromatic heterocycles. The van der Waals surface area contributed by atoms with E-state index in [0.29, 0.717) is 6.42 Å². The maximum atomic E-state index is 12.8. The van der Waals surface area contributed by atoms with Crippen LogP contribution in [-0.2, 0) is 24.1 Å². The second-order valence-corrected chi connectivity index (χ2v) is 8.15. The second kappa shape index (κ2) is 9.02. The molecule has 1 fully saturated rings. The summed E-state index contributed by atoms with van der Waals surface area (Å²) in [6.45, 7) is 4.83. The molecule has 2 aliphatic heterocycles. The van der Waals surface area contributed by atoms with Crippen molar-refractivity contribution in [3.8, 4) is 0 Å². The highest BCUT2D eigenvalue weighted by atomic mass is 16.5. The smallest absolute Gasteiger partial charge is 0.258 e. The summed E-state index contributed by atoms with van der Waals surface area (Å²) in [6.07, 6.45) is 3.16. The molecule has 158 valence electrons. The van der Waals surface area contributed by atoms with E-state index < -0.39 is 6.23 Å². The Morgan fingerprint density at radius 2 is 1.83 bits per heavy atom. The average Bonchev–Trinajstić information content (AvgIpc) is 3.42. The summed E-state index contributed by atoms with van der Waals surface area (Å²) in [4.78, 5) is 14.2. The van der Waals surface area contributed by atoms with Crippen LogP contribution in [0, 0.1) is 6.92 Å². The van der Waals surface area contributed by atoms with Crippen molar-refractivity contribution in [1.29, 1.82) is 0 Å². The fraction of sp³-hybridized carbons (Fsp3) is 0.400. The fourth-order valence-electron chi connectivity index (χ4n) is 4.25. The normalized spacial score (nSPS) is 18.3. The van der Waals surface area contributed by atoms with E-state index >= 15 is 0 Å². The maximum Gasteiger partial charge on any atom is 0.258 e. The van der Waals surface area contributed by atoms with Crippen LogP contribution in [0.3, 0.4) is 0 Å². The molecule has 2 aromatic carbocycles. The van der Waals surface area contributed by atoms with Gasteiger partial charge in [0.25, 0.3) is 5.91 Å². The number of benzene rings is 2. The van der Waals surface area contributed by atoms with Crippen molar-refractivity contribution in [2.75, 3.05) is 20.3 Å². The number of rotatable bonds is 3. The Morgan fingerprint density at radius 1 is 1.10 bits per heavy atom. The molecule has 3 aromatic rings. The van der Waals surface area contributed by atoms with E-state index in [1.165, 1.54) is 23.3 Å². The van der Waals surface area contributed by atoms with Gasteiger partial charge in [-0.3, -0.25) is 4.79 Å². The number of aliphatic hydroxyl groups excluding tert-OH is 1. The van der Waals surface area contributed by atoms with Crippen molar-refractivity contribution in [3.05, 3.63) is 70.9 Å². The van der Waals surface area contributed by atoms with Gasteiger partial charge >= 0.3 is 0 Å². The number of fused-ring (bicyclic) bond motifs is 3. The molecule has 1 atom stereocenters. The Morgan fingerprint density at radius 3 is 2.50 bits per heavy atom. The SMILES string of the molecule is C1CCOC1.Cc1ccc2c(c1)c1c(n2CCc2ccccc2)CC(O)N(C)C1=O. The lowest BCUT2D eigenvalue weighted by molar-refractivity contribution is 0.0143. The van der Waals surface area contributed by atoms with Crippen LogP contribution in [0.25, 0.3) is 10.9 Å². The zero-order valence-electron chi connectivity index (χ0n) is 17.8. The van der Waals surface area contributed by atoms with Crippen LogP contribution in [0.2, 0.25) is 0 Å². The first-order chi connectivity index (χ1) is 14.6. The number of nitrogens with zero attached hydrogens (tertiary/aromatic N) is 2. The molecule has 0 spiro atoms. The molecule has 0 aliphatic carbocycles. The first-order valence-electron chi connectivity index (χ1n) is 10.7.